The maximum atomic E-state index is 12.4. The highest BCUT2D eigenvalue weighted by molar-refractivity contribution is 6.42. The number of nitrogens with one attached hydrogen (secondary N) is 1. The summed E-state index contributed by atoms with van der Waals surface area (Å²) in [6.07, 6.45) is 0. The van der Waals surface area contributed by atoms with Crippen LogP contribution in [0.4, 0.5) is 10.5 Å². The van der Waals surface area contributed by atoms with Crippen molar-refractivity contribution >= 4 is 40.8 Å². The number of anilines is 1. The van der Waals surface area contributed by atoms with Crippen LogP contribution in [0.1, 0.15) is 13.8 Å². The van der Waals surface area contributed by atoms with Crippen LogP contribution in [0, 0.1) is 11.8 Å². The van der Waals surface area contributed by atoms with Gasteiger partial charge in [-0.25, -0.2) is 9.69 Å². The zero-order chi connectivity index (χ0) is 14.2. The quantitative estimate of drug-likeness (QED) is 0.911. The Labute approximate surface area is 121 Å². The van der Waals surface area contributed by atoms with E-state index in [1.54, 1.807) is 12.1 Å². The SMILES string of the molecule is CC(C)C1CNC(=O)N(c2ccc(Cl)c(Cl)c2)C1=O. The van der Waals surface area contributed by atoms with Crippen LogP contribution in [0.5, 0.6) is 0 Å². The summed E-state index contributed by atoms with van der Waals surface area (Å²) in [7, 11) is 0. The van der Waals surface area contributed by atoms with Gasteiger partial charge in [0.05, 0.1) is 21.7 Å². The maximum absolute atomic E-state index is 12.4. The van der Waals surface area contributed by atoms with Gasteiger partial charge in [-0.3, -0.25) is 4.79 Å². The fraction of sp³-hybridized carbons (Fsp3) is 0.385. The number of halogens is 2. The Kier molecular flexibility index (Phi) is 4.02. The summed E-state index contributed by atoms with van der Waals surface area (Å²) in [5.41, 5.74) is 0.433. The first-order chi connectivity index (χ1) is 8.91. The summed E-state index contributed by atoms with van der Waals surface area (Å²) in [6.45, 7) is 4.27. The van der Waals surface area contributed by atoms with E-state index in [1.165, 1.54) is 6.07 Å². The van der Waals surface area contributed by atoms with Crippen molar-refractivity contribution < 1.29 is 9.59 Å². The number of carbonyl (C=O) groups is 2. The number of rotatable bonds is 2. The van der Waals surface area contributed by atoms with Crippen molar-refractivity contribution in [3.63, 3.8) is 0 Å². The highest BCUT2D eigenvalue weighted by Gasteiger charge is 2.36. The van der Waals surface area contributed by atoms with Gasteiger partial charge in [0, 0.05) is 6.54 Å². The predicted octanol–water partition coefficient (Wildman–Crippen LogP) is 3.32. The number of imide groups is 1. The third-order valence-electron chi connectivity index (χ3n) is 3.18. The molecule has 1 atom stereocenters. The van der Waals surface area contributed by atoms with Crippen molar-refractivity contribution in [3.05, 3.63) is 28.2 Å². The summed E-state index contributed by atoms with van der Waals surface area (Å²) in [5, 5.41) is 3.41. The lowest BCUT2D eigenvalue weighted by molar-refractivity contribution is -0.123. The van der Waals surface area contributed by atoms with E-state index < -0.39 is 6.03 Å². The molecular formula is C13H14Cl2N2O2. The molecule has 0 aliphatic carbocycles. The highest BCUT2D eigenvalue weighted by atomic mass is 35.5. The van der Waals surface area contributed by atoms with Crippen LogP contribution in [0.25, 0.3) is 0 Å². The largest absolute Gasteiger partial charge is 0.337 e. The molecule has 0 aromatic heterocycles. The lowest BCUT2D eigenvalue weighted by Gasteiger charge is -2.33. The molecule has 1 saturated heterocycles. The number of nitrogens with zero attached hydrogens (tertiary/aromatic N) is 1. The van der Waals surface area contributed by atoms with Crippen LogP contribution in [-0.4, -0.2) is 18.5 Å². The topological polar surface area (TPSA) is 49.4 Å². The zero-order valence-corrected chi connectivity index (χ0v) is 12.1. The third kappa shape index (κ3) is 2.69. The molecule has 2 rings (SSSR count). The second-order valence-electron chi connectivity index (χ2n) is 4.81. The molecule has 1 N–H and O–H groups in total. The van der Waals surface area contributed by atoms with E-state index in [2.05, 4.69) is 5.32 Å². The number of hydrogen-bond donors (Lipinski definition) is 1. The van der Waals surface area contributed by atoms with Gasteiger partial charge in [-0.2, -0.15) is 0 Å². The van der Waals surface area contributed by atoms with Gasteiger partial charge < -0.3 is 5.32 Å². The van der Waals surface area contributed by atoms with Crippen LogP contribution >= 0.6 is 23.2 Å². The van der Waals surface area contributed by atoms with Crippen molar-refractivity contribution in [2.24, 2.45) is 11.8 Å². The minimum absolute atomic E-state index is 0.151. The van der Waals surface area contributed by atoms with Crippen molar-refractivity contribution in [3.8, 4) is 0 Å². The smallest absolute Gasteiger partial charge is 0.328 e. The van der Waals surface area contributed by atoms with E-state index in [0.717, 1.165) is 4.90 Å². The van der Waals surface area contributed by atoms with Crippen LogP contribution in [0.2, 0.25) is 10.0 Å². The molecule has 19 heavy (non-hydrogen) atoms. The van der Waals surface area contributed by atoms with E-state index in [0.29, 0.717) is 22.3 Å². The molecule has 1 fully saturated rings. The average Bonchev–Trinajstić information content (AvgIpc) is 2.33. The molecule has 102 valence electrons. The highest BCUT2D eigenvalue weighted by Crippen LogP contribution is 2.30. The summed E-state index contributed by atoms with van der Waals surface area (Å²) < 4.78 is 0. The summed E-state index contributed by atoms with van der Waals surface area (Å²) >= 11 is 11.8. The molecule has 6 heteroatoms. The Balaban J connectivity index is 2.37. The molecule has 1 aromatic rings. The van der Waals surface area contributed by atoms with Gasteiger partial charge >= 0.3 is 6.03 Å². The molecule has 0 bridgehead atoms. The Bertz CT molecular complexity index is 531. The molecule has 1 aliphatic rings. The van der Waals surface area contributed by atoms with Gasteiger partial charge in [0.25, 0.3) is 0 Å². The fourth-order valence-corrected chi connectivity index (χ4v) is 2.31. The van der Waals surface area contributed by atoms with Crippen molar-refractivity contribution in [1.29, 1.82) is 0 Å². The molecule has 1 heterocycles. The Hall–Kier alpha value is -1.26. The second kappa shape index (κ2) is 5.39. The van der Waals surface area contributed by atoms with E-state index in [9.17, 15) is 9.59 Å². The fourth-order valence-electron chi connectivity index (χ4n) is 2.02. The minimum Gasteiger partial charge on any atom is -0.337 e. The zero-order valence-electron chi connectivity index (χ0n) is 10.6. The number of amides is 3. The van der Waals surface area contributed by atoms with Crippen LogP contribution in [-0.2, 0) is 4.79 Å². The summed E-state index contributed by atoms with van der Waals surface area (Å²) in [6, 6.07) is 4.26. The predicted molar refractivity (Wildman–Crippen MR) is 75.7 cm³/mol. The van der Waals surface area contributed by atoms with Crippen molar-refractivity contribution in [1.82, 2.24) is 5.32 Å². The minimum atomic E-state index is -0.430. The monoisotopic (exact) mass is 300 g/mol. The van der Waals surface area contributed by atoms with Crippen LogP contribution in [0.3, 0.4) is 0 Å². The summed E-state index contributed by atoms with van der Waals surface area (Å²) in [4.78, 5) is 25.4. The van der Waals surface area contributed by atoms with E-state index in [4.69, 9.17) is 23.2 Å². The molecule has 1 aliphatic heterocycles. The molecule has 4 nitrogen and oxygen atoms in total. The third-order valence-corrected chi connectivity index (χ3v) is 3.92. The Morgan fingerprint density at radius 2 is 1.95 bits per heavy atom. The van der Waals surface area contributed by atoms with Crippen molar-refractivity contribution in [2.45, 2.75) is 13.8 Å². The number of carbonyl (C=O) groups excluding carboxylic acids is 2. The average molecular weight is 301 g/mol. The molecule has 0 spiro atoms. The standard InChI is InChI=1S/C13H14Cl2N2O2/c1-7(2)9-6-16-13(19)17(12(9)18)8-3-4-10(14)11(15)5-8/h3-5,7,9H,6H2,1-2H3,(H,16,19). The maximum Gasteiger partial charge on any atom is 0.328 e. The molecule has 0 saturated carbocycles. The normalized spacial score (nSPS) is 19.8. The number of urea groups is 1. The van der Waals surface area contributed by atoms with E-state index in [1.807, 2.05) is 13.8 Å². The van der Waals surface area contributed by atoms with Gasteiger partial charge in [0.1, 0.15) is 0 Å². The van der Waals surface area contributed by atoms with Crippen LogP contribution < -0.4 is 10.2 Å². The number of hydrogen-bond acceptors (Lipinski definition) is 2. The van der Waals surface area contributed by atoms with Gasteiger partial charge in [-0.15, -0.1) is 0 Å². The van der Waals surface area contributed by atoms with E-state index >= 15 is 0 Å². The van der Waals surface area contributed by atoms with Gasteiger partial charge in [-0.1, -0.05) is 37.0 Å². The first-order valence-electron chi connectivity index (χ1n) is 5.98. The van der Waals surface area contributed by atoms with E-state index in [-0.39, 0.29) is 17.7 Å². The first kappa shape index (κ1) is 14.2. The number of benzene rings is 1. The van der Waals surface area contributed by atoms with Crippen LogP contribution in [0.15, 0.2) is 18.2 Å². The lowest BCUT2D eigenvalue weighted by atomic mass is 9.92. The van der Waals surface area contributed by atoms with Gasteiger partial charge in [0.15, 0.2) is 0 Å². The Morgan fingerprint density at radius 3 is 2.53 bits per heavy atom. The van der Waals surface area contributed by atoms with Crippen molar-refractivity contribution in [2.75, 3.05) is 11.4 Å². The van der Waals surface area contributed by atoms with Gasteiger partial charge in [-0.05, 0) is 24.1 Å². The van der Waals surface area contributed by atoms with Gasteiger partial charge in [0.2, 0.25) is 5.91 Å². The summed E-state index contributed by atoms with van der Waals surface area (Å²) in [5.74, 6) is -0.289. The Morgan fingerprint density at radius 1 is 1.26 bits per heavy atom. The first-order valence-corrected chi connectivity index (χ1v) is 6.74. The molecule has 1 aromatic carbocycles. The molecule has 1 unspecified atom stereocenters. The molecule has 0 radical (unpaired) electrons. The molecule has 3 amide bonds. The molecular weight excluding hydrogens is 287 g/mol. The second-order valence-corrected chi connectivity index (χ2v) is 5.62. The lowest BCUT2D eigenvalue weighted by Crippen LogP contribution is -2.56.